The van der Waals surface area contributed by atoms with Gasteiger partial charge in [0.2, 0.25) is 5.91 Å². The molecule has 0 spiro atoms. The topological polar surface area (TPSA) is 58.2 Å². The van der Waals surface area contributed by atoms with Crippen molar-refractivity contribution in [2.45, 2.75) is 48.7 Å². The number of para-hydroxylation sites is 1. The van der Waals surface area contributed by atoms with E-state index in [9.17, 15) is 9.59 Å². The SMILES string of the molecule is O=C(/C=C1\Sc2ccccc2NC1=O)NCCCSC1CCCCC1. The second-order valence-electron chi connectivity index (χ2n) is 6.34. The molecule has 1 saturated carbocycles. The van der Waals surface area contributed by atoms with Gasteiger partial charge in [-0.05, 0) is 37.1 Å². The van der Waals surface area contributed by atoms with Gasteiger partial charge >= 0.3 is 0 Å². The molecule has 2 amide bonds. The quantitative estimate of drug-likeness (QED) is 0.577. The summed E-state index contributed by atoms with van der Waals surface area (Å²) in [6.07, 6.45) is 9.18. The minimum atomic E-state index is -0.216. The lowest BCUT2D eigenvalue weighted by molar-refractivity contribution is -0.117. The summed E-state index contributed by atoms with van der Waals surface area (Å²) in [6, 6.07) is 7.60. The first-order valence-corrected chi connectivity index (χ1v) is 10.8. The highest BCUT2D eigenvalue weighted by molar-refractivity contribution is 8.04. The van der Waals surface area contributed by atoms with Crippen LogP contribution in [0.1, 0.15) is 38.5 Å². The van der Waals surface area contributed by atoms with Crippen LogP contribution in [0.25, 0.3) is 0 Å². The van der Waals surface area contributed by atoms with Crippen molar-refractivity contribution < 1.29 is 9.59 Å². The Hall–Kier alpha value is -1.40. The first-order valence-electron chi connectivity index (χ1n) is 8.92. The Balaban J connectivity index is 1.40. The predicted octanol–water partition coefficient (Wildman–Crippen LogP) is 4.19. The van der Waals surface area contributed by atoms with Gasteiger partial charge in [-0.15, -0.1) is 0 Å². The number of amides is 2. The van der Waals surface area contributed by atoms with Crippen molar-refractivity contribution in [3.05, 3.63) is 35.2 Å². The minimum absolute atomic E-state index is 0.195. The van der Waals surface area contributed by atoms with Gasteiger partial charge in [0.15, 0.2) is 0 Å². The number of benzene rings is 1. The number of fused-ring (bicyclic) bond motifs is 1. The van der Waals surface area contributed by atoms with Gasteiger partial charge < -0.3 is 10.6 Å². The highest BCUT2D eigenvalue weighted by Crippen LogP contribution is 2.37. The van der Waals surface area contributed by atoms with E-state index >= 15 is 0 Å². The number of hydrogen-bond acceptors (Lipinski definition) is 4. The lowest BCUT2D eigenvalue weighted by Gasteiger charge is -2.20. The van der Waals surface area contributed by atoms with Crippen molar-refractivity contribution in [1.82, 2.24) is 5.32 Å². The van der Waals surface area contributed by atoms with E-state index in [1.807, 2.05) is 36.0 Å². The third kappa shape index (κ3) is 5.54. The van der Waals surface area contributed by atoms with E-state index in [2.05, 4.69) is 10.6 Å². The zero-order valence-corrected chi connectivity index (χ0v) is 15.9. The third-order valence-corrected chi connectivity index (χ3v) is 6.93. The van der Waals surface area contributed by atoms with Crippen molar-refractivity contribution in [3.8, 4) is 0 Å². The van der Waals surface area contributed by atoms with E-state index in [1.165, 1.54) is 49.9 Å². The number of nitrogens with one attached hydrogen (secondary N) is 2. The van der Waals surface area contributed by atoms with Gasteiger partial charge in [0.05, 0.1) is 10.6 Å². The van der Waals surface area contributed by atoms with Crippen LogP contribution in [0.2, 0.25) is 0 Å². The lowest BCUT2D eigenvalue weighted by Crippen LogP contribution is -2.25. The highest BCUT2D eigenvalue weighted by Gasteiger charge is 2.21. The van der Waals surface area contributed by atoms with Gasteiger partial charge in [-0.1, -0.05) is 43.2 Å². The summed E-state index contributed by atoms with van der Waals surface area (Å²) in [6.45, 7) is 0.658. The van der Waals surface area contributed by atoms with Crippen LogP contribution in [0.5, 0.6) is 0 Å². The monoisotopic (exact) mass is 376 g/mol. The second kappa shape index (κ2) is 9.34. The van der Waals surface area contributed by atoms with E-state index in [-0.39, 0.29) is 11.8 Å². The molecule has 134 valence electrons. The fourth-order valence-corrected chi connectivity index (χ4v) is 5.27. The average molecular weight is 377 g/mol. The van der Waals surface area contributed by atoms with Gasteiger partial charge in [0.1, 0.15) is 0 Å². The molecule has 4 nitrogen and oxygen atoms in total. The summed E-state index contributed by atoms with van der Waals surface area (Å²) in [5.74, 6) is 0.677. The van der Waals surface area contributed by atoms with Crippen LogP contribution in [-0.2, 0) is 9.59 Å². The number of anilines is 1. The standard InChI is InChI=1S/C19H24N2O2S2/c22-18(20-11-6-12-24-14-7-2-1-3-8-14)13-17-19(23)21-15-9-4-5-10-16(15)25-17/h4-5,9-10,13-14H,1-3,6-8,11-12H2,(H,20,22)(H,21,23)/b17-13-. The molecule has 0 radical (unpaired) electrons. The summed E-state index contributed by atoms with van der Waals surface area (Å²) >= 11 is 3.38. The van der Waals surface area contributed by atoms with Gasteiger partial charge in [-0.2, -0.15) is 11.8 Å². The molecule has 1 heterocycles. The van der Waals surface area contributed by atoms with E-state index in [0.29, 0.717) is 11.4 Å². The number of carbonyl (C=O) groups excluding carboxylic acids is 2. The van der Waals surface area contributed by atoms with E-state index < -0.39 is 0 Å². The van der Waals surface area contributed by atoms with E-state index in [1.54, 1.807) is 0 Å². The van der Waals surface area contributed by atoms with Crippen molar-refractivity contribution >= 4 is 41.0 Å². The largest absolute Gasteiger partial charge is 0.352 e. The van der Waals surface area contributed by atoms with Gasteiger partial charge in [0, 0.05) is 22.8 Å². The third-order valence-electron chi connectivity index (χ3n) is 4.37. The van der Waals surface area contributed by atoms with Crippen LogP contribution < -0.4 is 10.6 Å². The average Bonchev–Trinajstić information content (AvgIpc) is 2.63. The van der Waals surface area contributed by atoms with Crippen LogP contribution in [0, 0.1) is 0 Å². The van der Waals surface area contributed by atoms with Crippen LogP contribution in [0.3, 0.4) is 0 Å². The first kappa shape index (κ1) is 18.4. The van der Waals surface area contributed by atoms with Gasteiger partial charge in [0.25, 0.3) is 5.91 Å². The Kier molecular flexibility index (Phi) is 6.87. The zero-order valence-electron chi connectivity index (χ0n) is 14.3. The molecule has 0 saturated heterocycles. The smallest absolute Gasteiger partial charge is 0.262 e. The molecule has 0 bridgehead atoms. The maximum Gasteiger partial charge on any atom is 0.262 e. The highest BCUT2D eigenvalue weighted by atomic mass is 32.2. The Morgan fingerprint density at radius 2 is 2.08 bits per heavy atom. The summed E-state index contributed by atoms with van der Waals surface area (Å²) in [5, 5.41) is 6.52. The molecular weight excluding hydrogens is 352 g/mol. The first-order chi connectivity index (χ1) is 12.2. The summed E-state index contributed by atoms with van der Waals surface area (Å²) in [4.78, 5) is 25.5. The maximum absolute atomic E-state index is 12.1. The number of hydrogen-bond donors (Lipinski definition) is 2. The molecule has 1 aliphatic heterocycles. The molecule has 0 unspecified atom stereocenters. The fourth-order valence-electron chi connectivity index (χ4n) is 3.04. The summed E-state index contributed by atoms with van der Waals surface area (Å²) in [5.41, 5.74) is 0.801. The van der Waals surface area contributed by atoms with Crippen LogP contribution in [-0.4, -0.2) is 29.4 Å². The molecule has 2 aliphatic rings. The predicted molar refractivity (Wildman–Crippen MR) is 106 cm³/mol. The Bertz CT molecular complexity index is 655. The Morgan fingerprint density at radius 1 is 1.28 bits per heavy atom. The van der Waals surface area contributed by atoms with Crippen molar-refractivity contribution in [1.29, 1.82) is 0 Å². The minimum Gasteiger partial charge on any atom is -0.352 e. The van der Waals surface area contributed by atoms with E-state index in [4.69, 9.17) is 0 Å². The van der Waals surface area contributed by atoms with Crippen molar-refractivity contribution in [3.63, 3.8) is 0 Å². The Morgan fingerprint density at radius 3 is 2.92 bits per heavy atom. The molecule has 0 atom stereocenters. The van der Waals surface area contributed by atoms with Crippen molar-refractivity contribution in [2.75, 3.05) is 17.6 Å². The van der Waals surface area contributed by atoms with Crippen LogP contribution >= 0.6 is 23.5 Å². The van der Waals surface area contributed by atoms with Crippen LogP contribution in [0.4, 0.5) is 5.69 Å². The molecule has 3 rings (SSSR count). The normalized spacial score (nSPS) is 19.4. The number of thioether (sulfide) groups is 2. The second-order valence-corrected chi connectivity index (χ2v) is 8.83. The van der Waals surface area contributed by atoms with Gasteiger partial charge in [-0.3, -0.25) is 9.59 Å². The fraction of sp³-hybridized carbons (Fsp3) is 0.474. The zero-order chi connectivity index (χ0) is 17.5. The Labute approximate surface area is 157 Å². The van der Waals surface area contributed by atoms with Crippen molar-refractivity contribution in [2.24, 2.45) is 0 Å². The molecule has 1 fully saturated rings. The molecule has 25 heavy (non-hydrogen) atoms. The van der Waals surface area contributed by atoms with E-state index in [0.717, 1.165) is 28.0 Å². The molecule has 1 aromatic carbocycles. The van der Waals surface area contributed by atoms with Gasteiger partial charge in [-0.25, -0.2) is 0 Å². The number of rotatable bonds is 6. The van der Waals surface area contributed by atoms with Crippen LogP contribution in [0.15, 0.2) is 40.1 Å². The summed E-state index contributed by atoms with van der Waals surface area (Å²) in [7, 11) is 0. The summed E-state index contributed by atoms with van der Waals surface area (Å²) < 4.78 is 0. The maximum atomic E-state index is 12.1. The number of carbonyl (C=O) groups is 2. The lowest BCUT2D eigenvalue weighted by atomic mass is 10.0. The molecule has 1 aromatic rings. The molecule has 6 heteroatoms. The molecule has 1 aliphatic carbocycles. The molecular formula is C19H24N2O2S2. The molecule has 0 aromatic heterocycles. The molecule has 2 N–H and O–H groups in total.